The fourth-order valence-corrected chi connectivity index (χ4v) is 4.84. The molecule has 2 aromatic carbocycles. The van der Waals surface area contributed by atoms with Gasteiger partial charge in [0.25, 0.3) is 5.56 Å². The molecule has 0 bridgehead atoms. The summed E-state index contributed by atoms with van der Waals surface area (Å²) in [7, 11) is 0. The van der Waals surface area contributed by atoms with Crippen LogP contribution in [-0.4, -0.2) is 51.2 Å². The lowest BCUT2D eigenvalue weighted by Crippen LogP contribution is -2.54. The molecular formula is C28H29N5O2. The number of carbonyl (C=O) groups excluding carboxylic acids is 1. The number of fused-ring (bicyclic) bond motifs is 1. The summed E-state index contributed by atoms with van der Waals surface area (Å²) in [5, 5.41) is 6.05. The number of aromatic nitrogens is 3. The molecule has 4 aromatic rings. The van der Waals surface area contributed by atoms with Gasteiger partial charge in [-0.3, -0.25) is 14.6 Å². The third kappa shape index (κ3) is 4.80. The number of rotatable bonds is 5. The first-order valence-corrected chi connectivity index (χ1v) is 12.0. The van der Waals surface area contributed by atoms with E-state index in [1.165, 1.54) is 15.9 Å². The molecule has 7 nitrogen and oxygen atoms in total. The minimum Gasteiger partial charge on any atom is -0.365 e. The Balaban J connectivity index is 1.37. The van der Waals surface area contributed by atoms with Crippen LogP contribution in [0.3, 0.4) is 0 Å². The van der Waals surface area contributed by atoms with Crippen LogP contribution in [0.15, 0.2) is 77.9 Å². The van der Waals surface area contributed by atoms with E-state index in [2.05, 4.69) is 53.1 Å². The Bertz CT molecular complexity index is 1420. The van der Waals surface area contributed by atoms with Crippen LogP contribution in [0.1, 0.15) is 23.7 Å². The predicted molar refractivity (Wildman–Crippen MR) is 138 cm³/mol. The van der Waals surface area contributed by atoms with E-state index in [-0.39, 0.29) is 24.1 Å². The van der Waals surface area contributed by atoms with Crippen LogP contribution in [0.4, 0.5) is 5.69 Å². The maximum atomic E-state index is 13.3. The molecule has 3 heterocycles. The van der Waals surface area contributed by atoms with E-state index in [1.54, 1.807) is 18.5 Å². The monoisotopic (exact) mass is 467 g/mol. The Hall–Kier alpha value is -4.00. The molecule has 1 fully saturated rings. The number of hydrogen-bond donors (Lipinski definition) is 0. The summed E-state index contributed by atoms with van der Waals surface area (Å²) in [6.45, 7) is 6.14. The zero-order valence-electron chi connectivity index (χ0n) is 20.1. The van der Waals surface area contributed by atoms with Crippen molar-refractivity contribution in [2.75, 3.05) is 24.5 Å². The van der Waals surface area contributed by atoms with E-state index in [0.29, 0.717) is 24.9 Å². The van der Waals surface area contributed by atoms with Crippen molar-refractivity contribution in [3.05, 3.63) is 100 Å². The number of benzene rings is 2. The maximum absolute atomic E-state index is 13.3. The molecule has 0 radical (unpaired) electrons. The molecule has 1 aliphatic rings. The molecule has 7 heteroatoms. The van der Waals surface area contributed by atoms with E-state index in [9.17, 15) is 9.59 Å². The fraction of sp³-hybridized carbons (Fsp3) is 0.286. The van der Waals surface area contributed by atoms with Crippen molar-refractivity contribution in [2.24, 2.45) is 0 Å². The van der Waals surface area contributed by atoms with Gasteiger partial charge in [-0.15, -0.1) is 0 Å². The lowest BCUT2D eigenvalue weighted by Gasteiger charge is -2.41. The Morgan fingerprint density at radius 3 is 2.51 bits per heavy atom. The second-order valence-electron chi connectivity index (χ2n) is 9.21. The summed E-state index contributed by atoms with van der Waals surface area (Å²) in [4.78, 5) is 34.7. The number of amides is 1. The third-order valence-corrected chi connectivity index (χ3v) is 6.66. The lowest BCUT2D eigenvalue weighted by atomic mass is 10.1. The average Bonchev–Trinajstić information content (AvgIpc) is 2.87. The van der Waals surface area contributed by atoms with Gasteiger partial charge >= 0.3 is 0 Å². The minimum atomic E-state index is -0.237. The standard InChI is InChI=1S/C28H29N5O2/c1-20-6-5-7-23(16-20)32-15-14-31(18-21(32)2)27(34)19-33-28(35)25-9-4-3-8-24(25)26(30-33)17-22-10-12-29-13-11-22/h3-13,16,21H,14-15,17-19H2,1-2H3. The Morgan fingerprint density at radius 1 is 1.00 bits per heavy atom. The summed E-state index contributed by atoms with van der Waals surface area (Å²) in [5.74, 6) is -0.0829. The number of piperazine rings is 1. The molecule has 1 saturated heterocycles. The van der Waals surface area contributed by atoms with Crippen molar-refractivity contribution in [3.63, 3.8) is 0 Å². The van der Waals surface area contributed by atoms with Gasteiger partial charge in [0.1, 0.15) is 6.54 Å². The summed E-state index contributed by atoms with van der Waals surface area (Å²) >= 11 is 0. The lowest BCUT2D eigenvalue weighted by molar-refractivity contribution is -0.132. The van der Waals surface area contributed by atoms with E-state index in [0.717, 1.165) is 23.2 Å². The number of anilines is 1. The van der Waals surface area contributed by atoms with Gasteiger partial charge in [-0.05, 0) is 55.3 Å². The SMILES string of the molecule is Cc1cccc(N2CCN(C(=O)Cn3nc(Cc4ccncc4)c4ccccc4c3=O)CC2C)c1. The first-order chi connectivity index (χ1) is 17.0. The highest BCUT2D eigenvalue weighted by atomic mass is 16.2. The molecule has 5 rings (SSSR count). The van der Waals surface area contributed by atoms with Crippen LogP contribution in [0.2, 0.25) is 0 Å². The molecule has 35 heavy (non-hydrogen) atoms. The van der Waals surface area contributed by atoms with Crippen molar-refractivity contribution >= 4 is 22.4 Å². The topological polar surface area (TPSA) is 71.3 Å². The highest BCUT2D eigenvalue weighted by Crippen LogP contribution is 2.22. The summed E-state index contributed by atoms with van der Waals surface area (Å²) in [6, 6.07) is 20.0. The van der Waals surface area contributed by atoms with Crippen molar-refractivity contribution in [2.45, 2.75) is 32.9 Å². The van der Waals surface area contributed by atoms with Crippen LogP contribution < -0.4 is 10.5 Å². The number of carbonyl (C=O) groups is 1. The summed E-state index contributed by atoms with van der Waals surface area (Å²) in [5.41, 5.74) is 3.99. The first kappa shape index (κ1) is 22.8. The van der Waals surface area contributed by atoms with E-state index >= 15 is 0 Å². The van der Waals surface area contributed by atoms with Crippen LogP contribution in [-0.2, 0) is 17.8 Å². The second-order valence-corrected chi connectivity index (χ2v) is 9.21. The van der Waals surface area contributed by atoms with Gasteiger partial charge < -0.3 is 9.80 Å². The van der Waals surface area contributed by atoms with Gasteiger partial charge in [-0.1, -0.05) is 30.3 Å². The quantitative estimate of drug-likeness (QED) is 0.450. The van der Waals surface area contributed by atoms with Crippen LogP contribution in [0.25, 0.3) is 10.8 Å². The summed E-state index contributed by atoms with van der Waals surface area (Å²) < 4.78 is 1.33. The molecule has 1 amide bonds. The largest absolute Gasteiger partial charge is 0.365 e. The normalized spacial score (nSPS) is 16.0. The van der Waals surface area contributed by atoms with Crippen LogP contribution in [0, 0.1) is 6.92 Å². The highest BCUT2D eigenvalue weighted by Gasteiger charge is 2.27. The predicted octanol–water partition coefficient (Wildman–Crippen LogP) is 3.43. The molecule has 0 aliphatic carbocycles. The van der Waals surface area contributed by atoms with Gasteiger partial charge in [0, 0.05) is 55.6 Å². The van der Waals surface area contributed by atoms with E-state index in [1.807, 2.05) is 35.2 Å². The first-order valence-electron chi connectivity index (χ1n) is 12.0. The van der Waals surface area contributed by atoms with Crippen molar-refractivity contribution in [3.8, 4) is 0 Å². The molecule has 1 atom stereocenters. The highest BCUT2D eigenvalue weighted by molar-refractivity contribution is 5.84. The molecule has 0 saturated carbocycles. The number of aryl methyl sites for hydroxylation is 1. The van der Waals surface area contributed by atoms with Crippen LogP contribution >= 0.6 is 0 Å². The number of hydrogen-bond acceptors (Lipinski definition) is 5. The number of pyridine rings is 1. The van der Waals surface area contributed by atoms with E-state index in [4.69, 9.17) is 0 Å². The average molecular weight is 468 g/mol. The molecule has 178 valence electrons. The van der Waals surface area contributed by atoms with Crippen molar-refractivity contribution < 1.29 is 4.79 Å². The molecule has 0 spiro atoms. The molecule has 2 aromatic heterocycles. The zero-order valence-corrected chi connectivity index (χ0v) is 20.1. The van der Waals surface area contributed by atoms with Gasteiger partial charge in [0.15, 0.2) is 0 Å². The fourth-order valence-electron chi connectivity index (χ4n) is 4.84. The molecule has 1 unspecified atom stereocenters. The van der Waals surface area contributed by atoms with Crippen molar-refractivity contribution in [1.29, 1.82) is 0 Å². The van der Waals surface area contributed by atoms with Crippen LogP contribution in [0.5, 0.6) is 0 Å². The number of nitrogens with zero attached hydrogens (tertiary/aromatic N) is 5. The minimum absolute atomic E-state index is 0.0653. The second kappa shape index (κ2) is 9.70. The van der Waals surface area contributed by atoms with Gasteiger partial charge in [-0.2, -0.15) is 5.10 Å². The maximum Gasteiger partial charge on any atom is 0.275 e. The smallest absolute Gasteiger partial charge is 0.275 e. The van der Waals surface area contributed by atoms with Gasteiger partial charge in [-0.25, -0.2) is 4.68 Å². The Kier molecular flexibility index (Phi) is 6.31. The Morgan fingerprint density at radius 2 is 1.77 bits per heavy atom. The molecule has 1 aliphatic heterocycles. The summed E-state index contributed by atoms with van der Waals surface area (Å²) in [6.07, 6.45) is 4.05. The van der Waals surface area contributed by atoms with Crippen molar-refractivity contribution in [1.82, 2.24) is 19.7 Å². The Labute approximate surface area is 204 Å². The molecular weight excluding hydrogens is 438 g/mol. The zero-order chi connectivity index (χ0) is 24.4. The van der Waals surface area contributed by atoms with E-state index < -0.39 is 0 Å². The molecule has 0 N–H and O–H groups in total. The third-order valence-electron chi connectivity index (χ3n) is 6.66. The van der Waals surface area contributed by atoms with Gasteiger partial charge in [0.2, 0.25) is 5.91 Å². The van der Waals surface area contributed by atoms with Gasteiger partial charge in [0.05, 0.1) is 11.1 Å².